The maximum atomic E-state index is 6.54. The van der Waals surface area contributed by atoms with E-state index in [1.54, 1.807) is 0 Å². The summed E-state index contributed by atoms with van der Waals surface area (Å²) in [5.41, 5.74) is 16.0. The Balaban J connectivity index is 1.03. The fourth-order valence-electron chi connectivity index (χ4n) is 7.75. The summed E-state index contributed by atoms with van der Waals surface area (Å²) < 4.78 is 6.54. The van der Waals surface area contributed by atoms with E-state index in [-0.39, 0.29) is 0 Å². The molecule has 0 N–H and O–H groups in total. The van der Waals surface area contributed by atoms with Crippen molar-refractivity contribution in [2.75, 3.05) is 0 Å². The van der Waals surface area contributed by atoms with Crippen LogP contribution in [0.15, 0.2) is 221 Å². The van der Waals surface area contributed by atoms with E-state index in [1.807, 2.05) is 30.3 Å². The summed E-state index contributed by atoms with van der Waals surface area (Å²) in [6.07, 6.45) is 2.84. The highest BCUT2D eigenvalue weighted by Crippen LogP contribution is 2.41. The highest BCUT2D eigenvalue weighted by molar-refractivity contribution is 6.19. The Morgan fingerprint density at radius 1 is 0.321 bits per heavy atom. The van der Waals surface area contributed by atoms with Crippen molar-refractivity contribution in [3.05, 3.63) is 223 Å². The third-order valence-electron chi connectivity index (χ3n) is 10.6. The molecule has 0 spiro atoms. The molecule has 56 heavy (non-hydrogen) atoms. The Hall–Kier alpha value is -7.36. The first kappa shape index (κ1) is 33.2. The molecular formula is C53H36N2O. The second-order valence-electron chi connectivity index (χ2n) is 14.1. The molecule has 3 heteroatoms. The molecule has 0 amide bonds. The van der Waals surface area contributed by atoms with E-state index in [0.717, 1.165) is 61.2 Å². The highest BCUT2D eigenvalue weighted by Gasteiger charge is 2.20. The number of rotatable bonds is 7. The molecule has 3 nitrogen and oxygen atoms in total. The van der Waals surface area contributed by atoms with Crippen LogP contribution in [0.3, 0.4) is 0 Å². The number of nitrogens with zero attached hydrogens (tertiary/aromatic N) is 2. The lowest BCUT2D eigenvalue weighted by Crippen LogP contribution is -2.05. The van der Waals surface area contributed by atoms with Crippen LogP contribution < -0.4 is 0 Å². The molecule has 0 bridgehead atoms. The van der Waals surface area contributed by atoms with Crippen LogP contribution in [0.5, 0.6) is 0 Å². The molecule has 1 aromatic heterocycles. The highest BCUT2D eigenvalue weighted by atomic mass is 16.3. The summed E-state index contributed by atoms with van der Waals surface area (Å²) in [7, 11) is 0. The van der Waals surface area contributed by atoms with Crippen molar-refractivity contribution < 1.29 is 4.42 Å². The first-order valence-electron chi connectivity index (χ1n) is 19.0. The van der Waals surface area contributed by atoms with Crippen molar-refractivity contribution >= 4 is 39.2 Å². The van der Waals surface area contributed by atoms with Gasteiger partial charge in [0.25, 0.3) is 0 Å². The van der Waals surface area contributed by atoms with Gasteiger partial charge in [0.1, 0.15) is 11.2 Å². The van der Waals surface area contributed by atoms with Crippen LogP contribution >= 0.6 is 0 Å². The third kappa shape index (κ3) is 6.36. The van der Waals surface area contributed by atoms with E-state index < -0.39 is 0 Å². The van der Waals surface area contributed by atoms with Crippen molar-refractivity contribution in [3.8, 4) is 44.5 Å². The van der Waals surface area contributed by atoms with Gasteiger partial charge in [0.2, 0.25) is 0 Å². The summed E-state index contributed by atoms with van der Waals surface area (Å²) in [5, 5.41) is 2.14. The van der Waals surface area contributed by atoms with E-state index in [0.29, 0.717) is 12.3 Å². The quantitative estimate of drug-likeness (QED) is 0.162. The number of hydrogen-bond donors (Lipinski definition) is 0. The molecule has 0 atom stereocenters. The van der Waals surface area contributed by atoms with Crippen molar-refractivity contribution in [2.24, 2.45) is 9.98 Å². The molecule has 0 saturated carbocycles. The predicted molar refractivity (Wildman–Crippen MR) is 234 cm³/mol. The van der Waals surface area contributed by atoms with Gasteiger partial charge in [-0.2, -0.15) is 0 Å². The largest absolute Gasteiger partial charge is 0.456 e. The molecule has 8 aromatic carbocycles. The number of hydrogen-bond acceptors (Lipinski definition) is 3. The average molecular weight is 717 g/mol. The van der Waals surface area contributed by atoms with E-state index >= 15 is 0 Å². The van der Waals surface area contributed by atoms with Crippen LogP contribution in [-0.2, 0) is 0 Å². The lowest BCUT2D eigenvalue weighted by molar-refractivity contribution is 0.669. The van der Waals surface area contributed by atoms with Gasteiger partial charge in [-0.05, 0) is 62.2 Å². The van der Waals surface area contributed by atoms with Gasteiger partial charge in [0.15, 0.2) is 5.84 Å². The SMILES string of the molecule is C1=C(c2cccc3oc4cccc(-c5ccc(-c6ccccc6)cc5)c4c23)N=C(c2ccccc2)N=C(c2ccc(-c3ccc(-c4ccccc4)cc3)cc2)C1. The Morgan fingerprint density at radius 3 is 1.25 bits per heavy atom. The maximum absolute atomic E-state index is 6.54. The monoisotopic (exact) mass is 716 g/mol. The van der Waals surface area contributed by atoms with Crippen LogP contribution in [0.2, 0.25) is 0 Å². The minimum absolute atomic E-state index is 0.625. The van der Waals surface area contributed by atoms with Gasteiger partial charge in [0.05, 0.1) is 11.4 Å². The van der Waals surface area contributed by atoms with Gasteiger partial charge < -0.3 is 4.42 Å². The van der Waals surface area contributed by atoms with Crippen LogP contribution in [0.1, 0.15) is 23.1 Å². The number of benzene rings is 8. The molecule has 264 valence electrons. The molecule has 0 radical (unpaired) electrons. The number of furan rings is 1. The van der Waals surface area contributed by atoms with E-state index in [1.165, 1.54) is 33.4 Å². The smallest absolute Gasteiger partial charge is 0.160 e. The first-order valence-corrected chi connectivity index (χ1v) is 19.0. The van der Waals surface area contributed by atoms with E-state index in [4.69, 9.17) is 14.4 Å². The zero-order valence-electron chi connectivity index (χ0n) is 30.6. The van der Waals surface area contributed by atoms with Crippen LogP contribution in [0.25, 0.3) is 72.1 Å². The second-order valence-corrected chi connectivity index (χ2v) is 14.1. The summed E-state index contributed by atoms with van der Waals surface area (Å²) in [6, 6.07) is 70.2. The third-order valence-corrected chi connectivity index (χ3v) is 10.6. The van der Waals surface area contributed by atoms with Crippen molar-refractivity contribution in [3.63, 3.8) is 0 Å². The Labute approximate surface area is 326 Å². The van der Waals surface area contributed by atoms with Gasteiger partial charge in [0, 0.05) is 28.3 Å². The Bertz CT molecular complexity index is 2920. The van der Waals surface area contributed by atoms with E-state index in [2.05, 4.69) is 176 Å². The standard InChI is InChI=1S/C53H36N2O/c1-4-12-36(13-5-1)38-22-24-40(25-23-38)41-28-32-43(33-29-41)47-34-35-48(55-53(54-47)44-16-8-3-9-17-44)46-19-11-21-50-52(46)51-45(18-10-20-49(51)56-50)42-30-26-39(27-31-42)37-14-6-2-7-15-37/h1-33,35H,34H2. The number of fused-ring (bicyclic) bond motifs is 3. The molecule has 0 saturated heterocycles. The molecule has 1 aliphatic rings. The average Bonchev–Trinajstić information content (AvgIpc) is 3.53. The predicted octanol–water partition coefficient (Wildman–Crippen LogP) is 13.9. The Morgan fingerprint density at radius 2 is 0.732 bits per heavy atom. The maximum Gasteiger partial charge on any atom is 0.160 e. The molecular weight excluding hydrogens is 681 g/mol. The molecule has 1 aliphatic heterocycles. The van der Waals surface area contributed by atoms with Crippen LogP contribution in [-0.4, -0.2) is 11.5 Å². The Kier molecular flexibility index (Phi) is 8.58. The van der Waals surface area contributed by atoms with Crippen LogP contribution in [0, 0.1) is 0 Å². The minimum atomic E-state index is 0.625. The molecule has 10 rings (SSSR count). The lowest BCUT2D eigenvalue weighted by atomic mass is 9.94. The number of aliphatic imine (C=N–C) groups is 2. The summed E-state index contributed by atoms with van der Waals surface area (Å²) >= 11 is 0. The fraction of sp³-hybridized carbons (Fsp3) is 0.0189. The molecule has 0 fully saturated rings. The normalized spacial score (nSPS) is 12.9. The van der Waals surface area contributed by atoms with Crippen LogP contribution in [0.4, 0.5) is 0 Å². The molecule has 0 aliphatic carbocycles. The summed E-state index contributed by atoms with van der Waals surface area (Å²) in [5.74, 6) is 0.687. The first-order chi connectivity index (χ1) is 27.7. The van der Waals surface area contributed by atoms with E-state index in [9.17, 15) is 0 Å². The van der Waals surface area contributed by atoms with Gasteiger partial charge >= 0.3 is 0 Å². The van der Waals surface area contributed by atoms with Crippen molar-refractivity contribution in [1.29, 1.82) is 0 Å². The zero-order chi connectivity index (χ0) is 37.3. The second kappa shape index (κ2) is 14.5. The van der Waals surface area contributed by atoms with Crippen molar-refractivity contribution in [2.45, 2.75) is 6.42 Å². The zero-order valence-corrected chi connectivity index (χ0v) is 30.6. The van der Waals surface area contributed by atoms with Gasteiger partial charge in [-0.1, -0.05) is 194 Å². The molecule has 2 heterocycles. The molecule has 9 aromatic rings. The fourth-order valence-corrected chi connectivity index (χ4v) is 7.75. The summed E-state index contributed by atoms with van der Waals surface area (Å²) in [6.45, 7) is 0. The number of allylic oxidation sites excluding steroid dienone is 1. The number of amidine groups is 1. The minimum Gasteiger partial charge on any atom is -0.456 e. The summed E-state index contributed by atoms with van der Waals surface area (Å²) in [4.78, 5) is 10.6. The van der Waals surface area contributed by atoms with Crippen molar-refractivity contribution in [1.82, 2.24) is 0 Å². The topological polar surface area (TPSA) is 37.9 Å². The lowest BCUT2D eigenvalue weighted by Gasteiger charge is -2.09. The van der Waals surface area contributed by atoms with Gasteiger partial charge in [-0.25, -0.2) is 9.98 Å². The van der Waals surface area contributed by atoms with Gasteiger partial charge in [-0.15, -0.1) is 0 Å². The van der Waals surface area contributed by atoms with Gasteiger partial charge in [-0.3, -0.25) is 0 Å². The molecule has 0 unspecified atom stereocenters.